The van der Waals surface area contributed by atoms with Crippen LogP contribution in [-0.4, -0.2) is 9.13 Å². The Morgan fingerprint density at radius 1 is 0.521 bits per heavy atom. The van der Waals surface area contributed by atoms with Crippen molar-refractivity contribution in [2.24, 2.45) is 5.92 Å². The molecule has 0 spiro atoms. The van der Waals surface area contributed by atoms with Gasteiger partial charge in [0.25, 0.3) is 0 Å². The molecule has 0 aliphatic heterocycles. The van der Waals surface area contributed by atoms with E-state index in [1.807, 2.05) is 24.3 Å². The Morgan fingerprint density at radius 2 is 1.02 bits per heavy atom. The molecule has 2 aromatic heterocycles. The summed E-state index contributed by atoms with van der Waals surface area (Å²) in [5.41, 5.74) is 11.0. The molecule has 1 unspecified atom stereocenters. The number of rotatable bonds is 4. The van der Waals surface area contributed by atoms with Crippen molar-refractivity contribution in [1.82, 2.24) is 9.13 Å². The van der Waals surface area contributed by atoms with Crippen LogP contribution in [0.2, 0.25) is 0 Å². The van der Waals surface area contributed by atoms with E-state index in [1.54, 1.807) is 0 Å². The Balaban J connectivity index is 1.27. The molecule has 0 N–H and O–H groups in total. The molecule has 0 fully saturated rings. The zero-order chi connectivity index (χ0) is 32.2. The zero-order valence-electron chi connectivity index (χ0n) is 26.0. The second-order valence-corrected chi connectivity index (χ2v) is 12.3. The van der Waals surface area contributed by atoms with Gasteiger partial charge in [0.2, 0.25) is 0 Å². The van der Waals surface area contributed by atoms with E-state index in [-0.39, 0.29) is 5.92 Å². The number of fused-ring (bicyclic) bond motifs is 6. The fourth-order valence-corrected chi connectivity index (χ4v) is 7.55. The number of hydrogen-bond donors (Lipinski definition) is 0. The predicted octanol–water partition coefficient (Wildman–Crippen LogP) is 10.8. The highest BCUT2D eigenvalue weighted by atomic mass is 15.0. The molecule has 0 radical (unpaired) electrons. The number of para-hydroxylation sites is 5. The highest BCUT2D eigenvalue weighted by Gasteiger charge is 2.24. The minimum atomic E-state index is -0.245. The first-order chi connectivity index (χ1) is 23.7. The van der Waals surface area contributed by atoms with Crippen molar-refractivity contribution in [3.63, 3.8) is 0 Å². The fraction of sp³-hybridized carbons (Fsp3) is 0.0455. The SMILES string of the molecule is N#Cc1ccc(C2=CCC(C#N)C=C2c2ccccc2-n2c3ccccc3c3ccccc32)cc1-n1c2ccccc2c2ccccc21. The van der Waals surface area contributed by atoms with Crippen LogP contribution < -0.4 is 0 Å². The summed E-state index contributed by atoms with van der Waals surface area (Å²) in [7, 11) is 0. The van der Waals surface area contributed by atoms with E-state index >= 15 is 0 Å². The third-order valence-electron chi connectivity index (χ3n) is 9.67. The minimum Gasteiger partial charge on any atom is -0.309 e. The maximum atomic E-state index is 10.3. The molecular weight excluding hydrogens is 585 g/mol. The Labute approximate surface area is 277 Å². The fourth-order valence-electron chi connectivity index (χ4n) is 7.55. The van der Waals surface area contributed by atoms with Gasteiger partial charge >= 0.3 is 0 Å². The van der Waals surface area contributed by atoms with Crippen LogP contribution in [0.5, 0.6) is 0 Å². The molecule has 48 heavy (non-hydrogen) atoms. The first-order valence-corrected chi connectivity index (χ1v) is 16.2. The normalized spacial score (nSPS) is 14.6. The highest BCUT2D eigenvalue weighted by molar-refractivity contribution is 6.12. The molecule has 2 heterocycles. The summed E-state index contributed by atoms with van der Waals surface area (Å²) in [4.78, 5) is 0. The Morgan fingerprint density at radius 3 is 1.56 bits per heavy atom. The van der Waals surface area contributed by atoms with Crippen molar-refractivity contribution < 1.29 is 0 Å². The van der Waals surface area contributed by atoms with Gasteiger partial charge in [-0.3, -0.25) is 0 Å². The predicted molar refractivity (Wildman–Crippen MR) is 196 cm³/mol. The molecule has 8 aromatic rings. The third kappa shape index (κ3) is 4.14. The van der Waals surface area contributed by atoms with Crippen LogP contribution in [-0.2, 0) is 0 Å². The maximum absolute atomic E-state index is 10.3. The van der Waals surface area contributed by atoms with Crippen molar-refractivity contribution in [2.75, 3.05) is 0 Å². The number of hydrogen-bond acceptors (Lipinski definition) is 2. The van der Waals surface area contributed by atoms with Gasteiger partial charge in [-0.2, -0.15) is 10.5 Å². The van der Waals surface area contributed by atoms with Crippen LogP contribution in [0.25, 0.3) is 66.1 Å². The molecule has 6 aromatic carbocycles. The van der Waals surface area contributed by atoms with Gasteiger partial charge in [0, 0.05) is 27.1 Å². The van der Waals surface area contributed by atoms with Crippen LogP contribution in [0.15, 0.2) is 152 Å². The molecule has 4 nitrogen and oxygen atoms in total. The summed E-state index contributed by atoms with van der Waals surface area (Å²) in [6.07, 6.45) is 4.95. The topological polar surface area (TPSA) is 57.4 Å². The highest BCUT2D eigenvalue weighted by Crippen LogP contribution is 2.43. The second-order valence-electron chi connectivity index (χ2n) is 12.3. The molecule has 0 saturated heterocycles. The summed E-state index contributed by atoms with van der Waals surface area (Å²) < 4.78 is 4.56. The summed E-state index contributed by atoms with van der Waals surface area (Å²) in [5, 5.41) is 25.2. The lowest BCUT2D eigenvalue weighted by atomic mass is 9.83. The van der Waals surface area contributed by atoms with Gasteiger partial charge < -0.3 is 9.13 Å². The van der Waals surface area contributed by atoms with Gasteiger partial charge in [-0.1, -0.05) is 109 Å². The average Bonchev–Trinajstić information content (AvgIpc) is 3.67. The molecule has 1 aliphatic rings. The van der Waals surface area contributed by atoms with Crippen LogP contribution in [0, 0.1) is 28.6 Å². The summed E-state index contributed by atoms with van der Waals surface area (Å²) in [6.45, 7) is 0. The van der Waals surface area contributed by atoms with Gasteiger partial charge in [0.05, 0.1) is 51.0 Å². The van der Waals surface area contributed by atoms with Crippen molar-refractivity contribution >= 4 is 54.8 Å². The molecule has 9 rings (SSSR count). The average molecular weight is 613 g/mol. The largest absolute Gasteiger partial charge is 0.309 e. The van der Waals surface area contributed by atoms with Crippen LogP contribution in [0.4, 0.5) is 0 Å². The standard InChI is InChI=1S/C44H28N4/c45-27-29-21-24-32(30-22-23-31(28-46)44(26-30)48-41-18-8-3-13-35(41)36-14-4-9-19-42(36)48)38(25-29)37-15-5-10-20-43(37)47-39-16-6-1-11-33(39)34-12-2-7-17-40(34)47/h1-20,22-26,29H,21H2. The molecular formula is C44H28N4. The molecule has 1 atom stereocenters. The Bertz CT molecular complexity index is 2630. The van der Waals surface area contributed by atoms with Crippen LogP contribution >= 0.6 is 0 Å². The number of benzene rings is 6. The van der Waals surface area contributed by atoms with Gasteiger partial charge in [0.1, 0.15) is 6.07 Å². The summed E-state index contributed by atoms with van der Waals surface area (Å²) in [6, 6.07) is 53.4. The third-order valence-corrected chi connectivity index (χ3v) is 9.67. The summed E-state index contributed by atoms with van der Waals surface area (Å²) in [5.74, 6) is -0.245. The Hall–Kier alpha value is -6.62. The zero-order valence-corrected chi connectivity index (χ0v) is 26.0. The first-order valence-electron chi connectivity index (χ1n) is 16.2. The van der Waals surface area contributed by atoms with E-state index in [0.29, 0.717) is 12.0 Å². The molecule has 0 bridgehead atoms. The van der Waals surface area contributed by atoms with Gasteiger partial charge in [-0.05, 0) is 65.6 Å². The van der Waals surface area contributed by atoms with Crippen molar-refractivity contribution in [2.45, 2.75) is 6.42 Å². The van der Waals surface area contributed by atoms with Crippen molar-refractivity contribution in [3.05, 3.63) is 168 Å². The number of nitriles is 2. The quantitative estimate of drug-likeness (QED) is 0.199. The molecule has 0 saturated carbocycles. The smallest absolute Gasteiger partial charge is 0.101 e. The number of aromatic nitrogens is 2. The molecule has 0 amide bonds. The second kappa shape index (κ2) is 11.0. The minimum absolute atomic E-state index is 0.245. The van der Waals surface area contributed by atoms with Crippen LogP contribution in [0.3, 0.4) is 0 Å². The van der Waals surface area contributed by atoms with Crippen LogP contribution in [0.1, 0.15) is 23.1 Å². The summed E-state index contributed by atoms with van der Waals surface area (Å²) >= 11 is 0. The van der Waals surface area contributed by atoms with E-state index < -0.39 is 0 Å². The molecule has 224 valence electrons. The van der Waals surface area contributed by atoms with Crippen molar-refractivity contribution in [1.29, 1.82) is 10.5 Å². The van der Waals surface area contributed by atoms with E-state index in [0.717, 1.165) is 66.5 Å². The number of nitrogens with zero attached hydrogens (tertiary/aromatic N) is 4. The van der Waals surface area contributed by atoms with Gasteiger partial charge in [-0.25, -0.2) is 0 Å². The van der Waals surface area contributed by atoms with E-state index in [4.69, 9.17) is 0 Å². The lowest BCUT2D eigenvalue weighted by molar-refractivity contribution is 0.843. The van der Waals surface area contributed by atoms with E-state index in [9.17, 15) is 10.5 Å². The van der Waals surface area contributed by atoms with E-state index in [2.05, 4.69) is 149 Å². The first kappa shape index (κ1) is 27.7. The van der Waals surface area contributed by atoms with Crippen molar-refractivity contribution in [3.8, 4) is 23.5 Å². The van der Waals surface area contributed by atoms with Gasteiger partial charge in [0.15, 0.2) is 0 Å². The number of allylic oxidation sites excluding steroid dienone is 4. The lowest BCUT2D eigenvalue weighted by Gasteiger charge is -2.23. The molecule has 4 heteroatoms. The lowest BCUT2D eigenvalue weighted by Crippen LogP contribution is -2.07. The monoisotopic (exact) mass is 612 g/mol. The maximum Gasteiger partial charge on any atom is 0.101 e. The van der Waals surface area contributed by atoms with E-state index in [1.165, 1.54) is 10.8 Å². The molecule has 1 aliphatic carbocycles. The van der Waals surface area contributed by atoms with Gasteiger partial charge in [-0.15, -0.1) is 0 Å². The Kier molecular flexibility index (Phi) is 6.35.